The van der Waals surface area contributed by atoms with E-state index in [0.29, 0.717) is 22.5 Å². The summed E-state index contributed by atoms with van der Waals surface area (Å²) in [6.45, 7) is 10.5. The number of thioether (sulfide) groups is 1. The number of ether oxygens (including phenoxy) is 1. The molecule has 3 aromatic rings. The number of hydrogen-bond donors (Lipinski definition) is 0. The van der Waals surface area contributed by atoms with Gasteiger partial charge in [0.2, 0.25) is 5.78 Å². The first-order chi connectivity index (χ1) is 15.3. The van der Waals surface area contributed by atoms with E-state index in [1.54, 1.807) is 11.3 Å². The van der Waals surface area contributed by atoms with E-state index in [4.69, 9.17) is 9.72 Å². The fraction of sp³-hybridized carbons (Fsp3) is 0.500. The Morgan fingerprint density at radius 2 is 2.03 bits per heavy atom. The Morgan fingerprint density at radius 3 is 2.72 bits per heavy atom. The van der Waals surface area contributed by atoms with Gasteiger partial charge in [-0.2, -0.15) is 0 Å². The zero-order valence-corrected chi connectivity index (χ0v) is 20.2. The molecule has 1 atom stereocenters. The van der Waals surface area contributed by atoms with Gasteiger partial charge in [0.1, 0.15) is 6.54 Å². The quantitative estimate of drug-likeness (QED) is 0.395. The maximum absolute atomic E-state index is 14.0. The summed E-state index contributed by atoms with van der Waals surface area (Å²) in [4.78, 5) is 31.2. The van der Waals surface area contributed by atoms with Gasteiger partial charge < -0.3 is 4.74 Å². The Bertz CT molecular complexity index is 1230. The summed E-state index contributed by atoms with van der Waals surface area (Å²) in [5.74, 6) is 1.22. The fourth-order valence-corrected chi connectivity index (χ4v) is 5.20. The smallest absolute Gasteiger partial charge is 0.327 e. The van der Waals surface area contributed by atoms with E-state index in [2.05, 4.69) is 38.9 Å². The molecule has 1 aliphatic carbocycles. The SMILES string of the molecule is CCOC(=O)Cn1nc(SCC(C)C)n2c(=O)c3c(nc12)-c1ccccc1C[C@]3(C)CC. The number of esters is 1. The maximum atomic E-state index is 14.0. The Morgan fingerprint density at radius 1 is 1.28 bits per heavy atom. The fourth-order valence-electron chi connectivity index (χ4n) is 4.27. The van der Waals surface area contributed by atoms with Gasteiger partial charge in [0, 0.05) is 16.7 Å². The molecule has 0 amide bonds. The largest absolute Gasteiger partial charge is 0.465 e. The summed E-state index contributed by atoms with van der Waals surface area (Å²) >= 11 is 1.52. The van der Waals surface area contributed by atoms with Crippen molar-refractivity contribution in [2.45, 2.75) is 64.6 Å². The summed E-state index contributed by atoms with van der Waals surface area (Å²) in [6, 6.07) is 8.12. The number of hydrogen-bond acceptors (Lipinski definition) is 6. The molecule has 1 aromatic carbocycles. The van der Waals surface area contributed by atoms with Gasteiger partial charge in [-0.3, -0.25) is 9.59 Å². The highest BCUT2D eigenvalue weighted by Gasteiger charge is 2.38. The number of carbonyl (C=O) groups excluding carboxylic acids is 1. The van der Waals surface area contributed by atoms with Crippen LogP contribution in [0.2, 0.25) is 0 Å². The van der Waals surface area contributed by atoms with Crippen LogP contribution in [-0.4, -0.2) is 37.5 Å². The van der Waals surface area contributed by atoms with Crippen LogP contribution < -0.4 is 5.56 Å². The van der Waals surface area contributed by atoms with E-state index in [9.17, 15) is 9.59 Å². The molecule has 0 bridgehead atoms. The van der Waals surface area contributed by atoms with Crippen LogP contribution in [0, 0.1) is 5.92 Å². The predicted octanol–water partition coefficient (Wildman–Crippen LogP) is 4.09. The predicted molar refractivity (Wildman–Crippen MR) is 126 cm³/mol. The number of nitrogens with zero attached hydrogens (tertiary/aromatic N) is 4. The van der Waals surface area contributed by atoms with E-state index in [1.807, 2.05) is 18.2 Å². The number of aromatic nitrogens is 4. The molecule has 2 aromatic heterocycles. The van der Waals surface area contributed by atoms with Crippen LogP contribution in [0.3, 0.4) is 0 Å². The molecule has 0 aliphatic heterocycles. The summed E-state index contributed by atoms with van der Waals surface area (Å²) in [5, 5.41) is 5.19. The third-order valence-corrected chi connectivity index (χ3v) is 7.42. The van der Waals surface area contributed by atoms with Crippen LogP contribution in [0.1, 0.15) is 52.2 Å². The third-order valence-electron chi connectivity index (χ3n) is 6.06. The Kier molecular flexibility index (Phi) is 6.16. The number of fused-ring (bicyclic) bond motifs is 4. The standard InChI is InChI=1S/C24H30N4O3S/c1-6-24(5)12-16-10-8-9-11-17(16)20-19(24)21(30)28-22(25-20)27(13-18(29)31-7-2)26-23(28)32-14-15(3)4/h8-11,15H,6-7,12-14H2,1-5H3/t24-/m0/s1. The van der Waals surface area contributed by atoms with Crippen molar-refractivity contribution in [1.29, 1.82) is 0 Å². The lowest BCUT2D eigenvalue weighted by Crippen LogP contribution is -2.38. The average Bonchev–Trinajstić information content (AvgIpc) is 3.10. The van der Waals surface area contributed by atoms with Crippen LogP contribution in [0.15, 0.2) is 34.2 Å². The van der Waals surface area contributed by atoms with Crippen LogP contribution in [-0.2, 0) is 27.9 Å². The molecular weight excluding hydrogens is 424 g/mol. The molecule has 0 unspecified atom stereocenters. The van der Waals surface area contributed by atoms with Crippen molar-refractivity contribution in [3.05, 3.63) is 45.7 Å². The molecular formula is C24H30N4O3S. The van der Waals surface area contributed by atoms with Crippen LogP contribution in [0.25, 0.3) is 17.0 Å². The van der Waals surface area contributed by atoms with E-state index in [1.165, 1.54) is 22.0 Å². The highest BCUT2D eigenvalue weighted by molar-refractivity contribution is 7.99. The number of rotatable bonds is 7. The van der Waals surface area contributed by atoms with Crippen LogP contribution in [0.5, 0.6) is 0 Å². The first kappa shape index (κ1) is 22.6. The Balaban J connectivity index is 2.00. The molecule has 170 valence electrons. The zero-order chi connectivity index (χ0) is 23.0. The second-order valence-corrected chi connectivity index (χ2v) is 9.96. The minimum Gasteiger partial charge on any atom is -0.465 e. The van der Waals surface area contributed by atoms with Gasteiger partial charge in [-0.25, -0.2) is 14.1 Å². The molecule has 0 saturated carbocycles. The third kappa shape index (κ3) is 3.85. The summed E-state index contributed by atoms with van der Waals surface area (Å²) < 4.78 is 8.22. The van der Waals surface area contributed by atoms with Gasteiger partial charge in [-0.1, -0.05) is 63.7 Å². The van der Waals surface area contributed by atoms with Gasteiger partial charge in [-0.05, 0) is 31.2 Å². The first-order valence-corrected chi connectivity index (χ1v) is 12.2. The molecule has 2 heterocycles. The van der Waals surface area contributed by atoms with E-state index < -0.39 is 5.97 Å². The monoisotopic (exact) mass is 454 g/mol. The lowest BCUT2D eigenvalue weighted by atomic mass is 9.69. The van der Waals surface area contributed by atoms with Gasteiger partial charge in [0.05, 0.1) is 17.9 Å². The molecule has 0 saturated heterocycles. The van der Waals surface area contributed by atoms with Crippen molar-refractivity contribution in [2.75, 3.05) is 12.4 Å². The highest BCUT2D eigenvalue weighted by atomic mass is 32.2. The lowest BCUT2D eigenvalue weighted by molar-refractivity contribution is -0.143. The second-order valence-electron chi connectivity index (χ2n) is 8.97. The molecule has 32 heavy (non-hydrogen) atoms. The van der Waals surface area contributed by atoms with Gasteiger partial charge >= 0.3 is 5.97 Å². The van der Waals surface area contributed by atoms with Crippen molar-refractivity contribution in [2.24, 2.45) is 5.92 Å². The van der Waals surface area contributed by atoms with Crippen molar-refractivity contribution >= 4 is 23.5 Å². The Labute approximate surface area is 192 Å². The topological polar surface area (TPSA) is 78.5 Å². The van der Waals surface area contributed by atoms with E-state index >= 15 is 0 Å². The summed E-state index contributed by atoms with van der Waals surface area (Å²) in [7, 11) is 0. The molecule has 0 N–H and O–H groups in total. The van der Waals surface area contributed by atoms with E-state index in [-0.39, 0.29) is 24.1 Å². The van der Waals surface area contributed by atoms with Crippen molar-refractivity contribution in [3.8, 4) is 11.3 Å². The van der Waals surface area contributed by atoms with Crippen molar-refractivity contribution in [1.82, 2.24) is 19.2 Å². The van der Waals surface area contributed by atoms with Crippen molar-refractivity contribution < 1.29 is 9.53 Å². The van der Waals surface area contributed by atoms with Gasteiger partial charge in [0.25, 0.3) is 5.56 Å². The molecule has 4 rings (SSSR count). The number of carbonyl (C=O) groups is 1. The molecule has 8 heteroatoms. The molecule has 1 aliphatic rings. The maximum Gasteiger partial charge on any atom is 0.327 e. The minimum absolute atomic E-state index is 0.0858. The second kappa shape index (κ2) is 8.73. The minimum atomic E-state index is -0.399. The average molecular weight is 455 g/mol. The number of benzene rings is 1. The molecule has 7 nitrogen and oxygen atoms in total. The van der Waals surface area contributed by atoms with Crippen LogP contribution >= 0.6 is 11.8 Å². The van der Waals surface area contributed by atoms with Crippen molar-refractivity contribution in [3.63, 3.8) is 0 Å². The summed E-state index contributed by atoms with van der Waals surface area (Å²) in [5.41, 5.74) is 3.19. The van der Waals surface area contributed by atoms with Gasteiger partial charge in [0.15, 0.2) is 5.16 Å². The molecule has 0 spiro atoms. The lowest BCUT2D eigenvalue weighted by Gasteiger charge is -2.35. The van der Waals surface area contributed by atoms with Crippen LogP contribution in [0.4, 0.5) is 0 Å². The normalized spacial score (nSPS) is 17.4. The highest BCUT2D eigenvalue weighted by Crippen LogP contribution is 2.42. The van der Waals surface area contributed by atoms with Gasteiger partial charge in [-0.15, -0.1) is 5.10 Å². The molecule has 0 radical (unpaired) electrons. The summed E-state index contributed by atoms with van der Waals surface area (Å²) in [6.07, 6.45) is 1.61. The molecule has 0 fully saturated rings. The zero-order valence-electron chi connectivity index (χ0n) is 19.3. The van der Waals surface area contributed by atoms with E-state index in [0.717, 1.165) is 29.7 Å². The first-order valence-electron chi connectivity index (χ1n) is 11.2. The Hall–Kier alpha value is -2.61.